The molecule has 0 saturated carbocycles. The van der Waals surface area contributed by atoms with Crippen LogP contribution >= 0.6 is 0 Å². The number of rotatable bonds is 5. The Balaban J connectivity index is 1.34. The van der Waals surface area contributed by atoms with Gasteiger partial charge in [-0.05, 0) is 58.0 Å². The molecule has 0 unspecified atom stereocenters. The van der Waals surface area contributed by atoms with Crippen molar-refractivity contribution in [1.82, 2.24) is 0 Å². The van der Waals surface area contributed by atoms with Crippen molar-refractivity contribution in [3.05, 3.63) is 144 Å². The highest BCUT2D eigenvalue weighted by Crippen LogP contribution is 2.33. The Morgan fingerprint density at radius 2 is 1.00 bits per heavy atom. The number of halogens is 3. The van der Waals surface area contributed by atoms with Crippen LogP contribution in [0.2, 0.25) is 0 Å². The third-order valence-electron chi connectivity index (χ3n) is 6.48. The molecule has 0 saturated heterocycles. The zero-order valence-corrected chi connectivity index (χ0v) is 20.1. The molecule has 0 spiro atoms. The summed E-state index contributed by atoms with van der Waals surface area (Å²) in [4.78, 5) is 12.7. The Morgan fingerprint density at radius 3 is 1.54 bits per heavy atom. The number of ketones is 1. The third kappa shape index (κ3) is 5.24. The second kappa shape index (κ2) is 9.90. The molecule has 0 amide bonds. The van der Waals surface area contributed by atoms with Crippen LogP contribution in [0.15, 0.2) is 121 Å². The molecule has 0 aromatic heterocycles. The van der Waals surface area contributed by atoms with E-state index >= 15 is 0 Å². The molecule has 0 radical (unpaired) electrons. The lowest BCUT2D eigenvalue weighted by Crippen LogP contribution is -2.03. The quantitative estimate of drug-likeness (QED) is 0.224. The summed E-state index contributed by atoms with van der Waals surface area (Å²) in [5.41, 5.74) is 7.56. The topological polar surface area (TPSA) is 17.1 Å². The van der Waals surface area contributed by atoms with Gasteiger partial charge in [-0.25, -0.2) is 0 Å². The number of carbonyl (C=O) groups excluding carboxylic acids is 1. The van der Waals surface area contributed by atoms with Crippen molar-refractivity contribution in [3.63, 3.8) is 0 Å². The van der Waals surface area contributed by atoms with E-state index in [1.165, 1.54) is 12.1 Å². The lowest BCUT2D eigenvalue weighted by Gasteiger charge is -2.11. The Morgan fingerprint density at radius 1 is 0.541 bits per heavy atom. The Kier molecular flexibility index (Phi) is 6.49. The zero-order valence-electron chi connectivity index (χ0n) is 20.1. The van der Waals surface area contributed by atoms with Crippen molar-refractivity contribution in [2.24, 2.45) is 0 Å². The van der Waals surface area contributed by atoms with E-state index in [0.717, 1.165) is 51.1 Å². The third-order valence-corrected chi connectivity index (χ3v) is 6.48. The highest BCUT2D eigenvalue weighted by atomic mass is 19.4. The van der Waals surface area contributed by atoms with E-state index in [-0.39, 0.29) is 5.78 Å². The monoisotopic (exact) mass is 492 g/mol. The fourth-order valence-electron chi connectivity index (χ4n) is 4.43. The van der Waals surface area contributed by atoms with E-state index in [2.05, 4.69) is 25.1 Å². The first-order valence-electron chi connectivity index (χ1n) is 11.9. The first-order valence-corrected chi connectivity index (χ1v) is 11.9. The fraction of sp³-hybridized carbons (Fsp3) is 0.0606. The SMILES string of the molecule is Cc1cc(-c2ccc(-c3ccc(C(F)(F)F)cc3)cc2)ccc1-c1ccc(C(=O)c2ccccc2)cc1. The van der Waals surface area contributed by atoms with Gasteiger partial charge in [0.25, 0.3) is 0 Å². The Bertz CT molecular complexity index is 1530. The van der Waals surface area contributed by atoms with Crippen LogP contribution in [-0.2, 0) is 6.18 Å². The normalized spacial score (nSPS) is 11.4. The average Bonchev–Trinajstić information content (AvgIpc) is 2.93. The van der Waals surface area contributed by atoms with Crippen molar-refractivity contribution < 1.29 is 18.0 Å². The van der Waals surface area contributed by atoms with Gasteiger partial charge in [0.1, 0.15) is 0 Å². The molecule has 0 N–H and O–H groups in total. The van der Waals surface area contributed by atoms with Crippen LogP contribution < -0.4 is 0 Å². The van der Waals surface area contributed by atoms with Crippen LogP contribution in [0.1, 0.15) is 27.0 Å². The van der Waals surface area contributed by atoms with Crippen LogP contribution in [-0.4, -0.2) is 5.78 Å². The second-order valence-corrected chi connectivity index (χ2v) is 8.95. The first-order chi connectivity index (χ1) is 17.8. The standard InChI is InChI=1S/C33H23F3O/c1-22-21-29(25-9-7-23(8-10-25)24-15-18-30(19-16-24)33(34,35)36)17-20-31(22)26-11-13-28(14-12-26)32(37)27-5-3-2-4-6-27/h2-21H,1H3. The van der Waals surface area contributed by atoms with E-state index in [1.54, 1.807) is 0 Å². The lowest BCUT2D eigenvalue weighted by atomic mass is 9.93. The molecular weight excluding hydrogens is 469 g/mol. The molecule has 0 aliphatic carbocycles. The van der Waals surface area contributed by atoms with Gasteiger partial charge in [-0.2, -0.15) is 13.2 Å². The molecule has 0 aliphatic heterocycles. The Hall–Kier alpha value is -4.44. The largest absolute Gasteiger partial charge is 0.416 e. The van der Waals surface area contributed by atoms with E-state index < -0.39 is 11.7 Å². The average molecular weight is 493 g/mol. The number of hydrogen-bond acceptors (Lipinski definition) is 1. The second-order valence-electron chi connectivity index (χ2n) is 8.95. The number of hydrogen-bond donors (Lipinski definition) is 0. The number of carbonyl (C=O) groups is 1. The summed E-state index contributed by atoms with van der Waals surface area (Å²) in [5, 5.41) is 0. The van der Waals surface area contributed by atoms with Gasteiger partial charge in [-0.15, -0.1) is 0 Å². The van der Waals surface area contributed by atoms with Crippen molar-refractivity contribution in [2.45, 2.75) is 13.1 Å². The van der Waals surface area contributed by atoms with Crippen molar-refractivity contribution in [3.8, 4) is 33.4 Å². The van der Waals surface area contributed by atoms with Gasteiger partial charge >= 0.3 is 6.18 Å². The highest BCUT2D eigenvalue weighted by Gasteiger charge is 2.29. The summed E-state index contributed by atoms with van der Waals surface area (Å²) < 4.78 is 38.5. The molecule has 5 aromatic carbocycles. The first kappa shape index (κ1) is 24.3. The predicted octanol–water partition coefficient (Wildman–Crippen LogP) is 9.25. The molecule has 5 aromatic rings. The van der Waals surface area contributed by atoms with Crippen molar-refractivity contribution in [2.75, 3.05) is 0 Å². The molecule has 0 heterocycles. The van der Waals surface area contributed by atoms with Crippen LogP contribution in [0.25, 0.3) is 33.4 Å². The molecule has 0 fully saturated rings. The lowest BCUT2D eigenvalue weighted by molar-refractivity contribution is -0.137. The molecule has 182 valence electrons. The molecule has 4 heteroatoms. The molecule has 5 rings (SSSR count). The number of alkyl halides is 3. The van der Waals surface area contributed by atoms with Gasteiger partial charge in [-0.3, -0.25) is 4.79 Å². The van der Waals surface area contributed by atoms with Gasteiger partial charge in [-0.1, -0.05) is 109 Å². The van der Waals surface area contributed by atoms with E-state index in [1.807, 2.05) is 78.9 Å². The predicted molar refractivity (Wildman–Crippen MR) is 142 cm³/mol. The highest BCUT2D eigenvalue weighted by molar-refractivity contribution is 6.09. The zero-order chi connectivity index (χ0) is 26.0. The van der Waals surface area contributed by atoms with E-state index in [4.69, 9.17) is 0 Å². The molecule has 0 aliphatic rings. The maximum absolute atomic E-state index is 12.8. The molecule has 1 nitrogen and oxygen atoms in total. The minimum atomic E-state index is -4.34. The molecule has 0 atom stereocenters. The summed E-state index contributed by atoms with van der Waals surface area (Å²) in [6.45, 7) is 2.05. The number of aryl methyl sites for hydroxylation is 1. The minimum absolute atomic E-state index is 0.000961. The summed E-state index contributed by atoms with van der Waals surface area (Å²) in [6.07, 6.45) is -4.34. The van der Waals surface area contributed by atoms with Crippen LogP contribution in [0, 0.1) is 6.92 Å². The summed E-state index contributed by atoms with van der Waals surface area (Å²) in [7, 11) is 0. The van der Waals surface area contributed by atoms with Crippen LogP contribution in [0.5, 0.6) is 0 Å². The Labute approximate surface area is 213 Å². The maximum Gasteiger partial charge on any atom is 0.416 e. The summed E-state index contributed by atoms with van der Waals surface area (Å²) in [6, 6.07) is 36.1. The fourth-order valence-corrected chi connectivity index (χ4v) is 4.43. The molecule has 0 bridgehead atoms. The summed E-state index contributed by atoms with van der Waals surface area (Å²) >= 11 is 0. The van der Waals surface area contributed by atoms with Crippen molar-refractivity contribution in [1.29, 1.82) is 0 Å². The van der Waals surface area contributed by atoms with Crippen LogP contribution in [0.4, 0.5) is 13.2 Å². The van der Waals surface area contributed by atoms with E-state index in [9.17, 15) is 18.0 Å². The van der Waals surface area contributed by atoms with Gasteiger partial charge in [0.15, 0.2) is 5.78 Å². The molecule has 37 heavy (non-hydrogen) atoms. The number of benzene rings is 5. The van der Waals surface area contributed by atoms with Gasteiger partial charge < -0.3 is 0 Å². The van der Waals surface area contributed by atoms with Gasteiger partial charge in [0.05, 0.1) is 5.56 Å². The van der Waals surface area contributed by atoms with Gasteiger partial charge in [0.2, 0.25) is 0 Å². The van der Waals surface area contributed by atoms with Crippen LogP contribution in [0.3, 0.4) is 0 Å². The maximum atomic E-state index is 12.8. The molecular formula is C33H23F3O. The smallest absolute Gasteiger partial charge is 0.289 e. The minimum Gasteiger partial charge on any atom is -0.289 e. The summed E-state index contributed by atoms with van der Waals surface area (Å²) in [5.74, 6) is -0.000961. The van der Waals surface area contributed by atoms with E-state index in [0.29, 0.717) is 11.1 Å². The van der Waals surface area contributed by atoms with Crippen molar-refractivity contribution >= 4 is 5.78 Å². The van der Waals surface area contributed by atoms with Gasteiger partial charge in [0, 0.05) is 11.1 Å².